The molecule has 1 fully saturated rings. The van der Waals surface area contributed by atoms with Crippen LogP contribution in [0.5, 0.6) is 0 Å². The van der Waals surface area contributed by atoms with E-state index in [1.54, 1.807) is 0 Å². The number of hydrogen-bond donors (Lipinski definition) is 2. The number of hydrogen-bond acceptors (Lipinski definition) is 2. The monoisotopic (exact) mass is 429 g/mol. The van der Waals surface area contributed by atoms with Gasteiger partial charge in [0.25, 0.3) is 0 Å². The minimum Gasteiger partial charge on any atom is -0.356 e. The normalized spacial score (nSPS) is 19.9. The molecule has 2 rings (SSSR count). The van der Waals surface area contributed by atoms with Crippen LogP contribution in [0.2, 0.25) is 0 Å². The van der Waals surface area contributed by atoms with Crippen LogP contribution in [0.1, 0.15) is 26.7 Å². The summed E-state index contributed by atoms with van der Waals surface area (Å²) in [5.74, 6) is 0.274. The number of nitrogens with one attached hydrogen (secondary N) is 2. The van der Waals surface area contributed by atoms with Crippen molar-refractivity contribution in [1.82, 2.24) is 10.2 Å². The lowest BCUT2D eigenvalue weighted by molar-refractivity contribution is -0.121. The molecule has 0 saturated carbocycles. The van der Waals surface area contributed by atoms with Gasteiger partial charge in [-0.2, -0.15) is 0 Å². The average molecular weight is 429 g/mol. The van der Waals surface area contributed by atoms with Crippen LogP contribution in [0.3, 0.4) is 0 Å². The molecule has 1 aliphatic heterocycles. The summed E-state index contributed by atoms with van der Waals surface area (Å²) < 4.78 is 63.5. The highest BCUT2D eigenvalue weighted by atomic mass is 32.5. The van der Waals surface area contributed by atoms with Gasteiger partial charge in [0, 0.05) is 31.7 Å². The summed E-state index contributed by atoms with van der Waals surface area (Å²) in [6, 6.07) is 1.58. The third-order valence-electron chi connectivity index (χ3n) is 4.31. The first kappa shape index (κ1) is 22.3. The molecule has 160 valence electrons. The zero-order valence-corrected chi connectivity index (χ0v) is 16.4. The summed E-state index contributed by atoms with van der Waals surface area (Å²) in [7, 11) is -9.72. The van der Waals surface area contributed by atoms with E-state index in [-0.39, 0.29) is 35.6 Å². The van der Waals surface area contributed by atoms with E-state index in [9.17, 15) is 29.0 Å². The van der Waals surface area contributed by atoms with E-state index < -0.39 is 21.2 Å². The van der Waals surface area contributed by atoms with Crippen molar-refractivity contribution in [3.05, 3.63) is 24.3 Å². The van der Waals surface area contributed by atoms with Gasteiger partial charge in [-0.3, -0.25) is 4.79 Å². The average Bonchev–Trinajstić information content (AvgIpc) is 2.99. The van der Waals surface area contributed by atoms with E-state index >= 15 is 0 Å². The van der Waals surface area contributed by atoms with Crippen molar-refractivity contribution >= 4 is 27.8 Å². The Hall–Kier alpha value is -2.04. The van der Waals surface area contributed by atoms with Crippen LogP contribution in [-0.2, 0) is 4.79 Å². The van der Waals surface area contributed by atoms with Crippen molar-refractivity contribution in [3.8, 4) is 0 Å². The van der Waals surface area contributed by atoms with Gasteiger partial charge in [-0.05, 0) is 42.5 Å². The smallest absolute Gasteiger partial charge is 0.321 e. The van der Waals surface area contributed by atoms with Gasteiger partial charge in [-0.25, -0.2) is 4.79 Å². The molecule has 0 aliphatic carbocycles. The molecule has 1 heterocycles. The van der Waals surface area contributed by atoms with E-state index in [4.69, 9.17) is 0 Å². The molecule has 1 atom stereocenters. The van der Waals surface area contributed by atoms with Crippen LogP contribution in [-0.4, -0.2) is 36.5 Å². The predicted octanol–water partition coefficient (Wildman–Crippen LogP) is 5.36. The van der Waals surface area contributed by atoms with Crippen LogP contribution < -0.4 is 10.6 Å². The third-order valence-corrected chi connectivity index (χ3v) is 5.47. The Morgan fingerprint density at radius 1 is 1.14 bits per heavy atom. The van der Waals surface area contributed by atoms with Gasteiger partial charge in [0.1, 0.15) is 4.90 Å². The first-order chi connectivity index (χ1) is 12.6. The van der Waals surface area contributed by atoms with Gasteiger partial charge < -0.3 is 15.5 Å². The molecular weight excluding hydrogens is 405 g/mol. The lowest BCUT2D eigenvalue weighted by Crippen LogP contribution is -2.35. The molecule has 1 aliphatic rings. The fourth-order valence-corrected chi connectivity index (χ4v) is 3.53. The summed E-state index contributed by atoms with van der Waals surface area (Å²) in [4.78, 5) is 23.4. The zero-order valence-electron chi connectivity index (χ0n) is 15.6. The Morgan fingerprint density at radius 2 is 1.75 bits per heavy atom. The van der Waals surface area contributed by atoms with Crippen molar-refractivity contribution in [2.24, 2.45) is 11.8 Å². The number of amides is 3. The highest BCUT2D eigenvalue weighted by Crippen LogP contribution is 3.02. The molecular formula is C17H24F5N3O2S. The van der Waals surface area contributed by atoms with Gasteiger partial charge in [-0.1, -0.05) is 33.3 Å². The van der Waals surface area contributed by atoms with E-state index in [0.717, 1.165) is 12.1 Å². The molecule has 0 bridgehead atoms. The number of anilines is 1. The number of rotatable bonds is 6. The molecule has 3 amide bonds. The number of likely N-dealkylation sites (tertiary alicyclic amines) is 1. The summed E-state index contributed by atoms with van der Waals surface area (Å²) in [5, 5.41) is 5.22. The quantitative estimate of drug-likeness (QED) is 0.598. The Kier molecular flexibility index (Phi) is 5.63. The topological polar surface area (TPSA) is 61.4 Å². The molecule has 0 aromatic heterocycles. The van der Waals surface area contributed by atoms with Crippen molar-refractivity contribution in [2.75, 3.05) is 25.0 Å². The van der Waals surface area contributed by atoms with Crippen molar-refractivity contribution in [3.63, 3.8) is 0 Å². The van der Waals surface area contributed by atoms with Gasteiger partial charge in [0.2, 0.25) is 5.91 Å². The summed E-state index contributed by atoms with van der Waals surface area (Å²) in [6.45, 7) is 5.13. The minimum atomic E-state index is -9.72. The van der Waals surface area contributed by atoms with Crippen LogP contribution in [0.25, 0.3) is 0 Å². The lowest BCUT2D eigenvalue weighted by atomic mass is 10.1. The van der Waals surface area contributed by atoms with Gasteiger partial charge in [0.05, 0.1) is 0 Å². The van der Waals surface area contributed by atoms with Crippen LogP contribution in [0.15, 0.2) is 29.2 Å². The fourth-order valence-electron chi connectivity index (χ4n) is 2.88. The maximum absolute atomic E-state index is 12.7. The molecule has 0 radical (unpaired) electrons. The standard InChI is InChI=1S/C17H24F5N3O2S/c1-12(2)9-16(26)23-10-13-7-8-25(11-13)17(27)24-14-3-5-15(6-4-14)28(18,19,20,21)22/h3-6,12-13H,7-11H2,1-2H3,(H,23,26)(H,24,27). The second kappa shape index (κ2) is 7.09. The number of halogens is 5. The van der Waals surface area contributed by atoms with Crippen LogP contribution in [0.4, 0.5) is 29.9 Å². The van der Waals surface area contributed by atoms with Gasteiger partial charge in [0.15, 0.2) is 0 Å². The van der Waals surface area contributed by atoms with Gasteiger partial charge in [-0.15, -0.1) is 0 Å². The highest BCUT2D eigenvalue weighted by Gasteiger charge is 2.65. The maximum atomic E-state index is 12.7. The predicted molar refractivity (Wildman–Crippen MR) is 99.0 cm³/mol. The number of carbonyl (C=O) groups is 2. The Labute approximate surface area is 160 Å². The number of urea groups is 1. The first-order valence-corrected chi connectivity index (χ1v) is 10.8. The molecule has 11 heteroatoms. The van der Waals surface area contributed by atoms with Crippen molar-refractivity contribution < 1.29 is 29.0 Å². The SMILES string of the molecule is CC(C)CC(=O)NCC1CCN(C(=O)Nc2ccc(S(F)(F)(F)(F)F)cc2)C1. The van der Waals surface area contributed by atoms with Crippen LogP contribution in [0, 0.1) is 11.8 Å². The molecule has 1 aromatic carbocycles. The number of benzene rings is 1. The summed E-state index contributed by atoms with van der Waals surface area (Å²) in [6.07, 6.45) is 1.10. The largest absolute Gasteiger partial charge is 0.356 e. The molecule has 2 N–H and O–H groups in total. The van der Waals surface area contributed by atoms with E-state index in [1.165, 1.54) is 4.90 Å². The molecule has 5 nitrogen and oxygen atoms in total. The molecule has 1 aromatic rings. The molecule has 1 saturated heterocycles. The van der Waals surface area contributed by atoms with Crippen molar-refractivity contribution in [2.45, 2.75) is 31.6 Å². The van der Waals surface area contributed by atoms with Crippen LogP contribution >= 0.6 is 10.2 Å². The second-order valence-electron chi connectivity index (χ2n) is 7.43. The summed E-state index contributed by atoms with van der Waals surface area (Å²) >= 11 is 0. The maximum Gasteiger partial charge on any atom is 0.321 e. The van der Waals surface area contributed by atoms with Crippen molar-refractivity contribution in [1.29, 1.82) is 0 Å². The Bertz CT molecular complexity index is 738. The third kappa shape index (κ3) is 6.54. The van der Waals surface area contributed by atoms with Gasteiger partial charge >= 0.3 is 16.3 Å². The zero-order chi connectivity index (χ0) is 21.2. The van der Waals surface area contributed by atoms with E-state index in [1.807, 2.05) is 13.8 Å². The lowest BCUT2D eigenvalue weighted by Gasteiger charge is -2.40. The highest BCUT2D eigenvalue weighted by molar-refractivity contribution is 8.45. The number of nitrogens with zero attached hydrogens (tertiary/aromatic N) is 1. The van der Waals surface area contributed by atoms with E-state index in [0.29, 0.717) is 32.5 Å². The van der Waals surface area contributed by atoms with E-state index in [2.05, 4.69) is 10.6 Å². The Morgan fingerprint density at radius 3 is 2.29 bits per heavy atom. The minimum absolute atomic E-state index is 0.00992. The number of carbonyl (C=O) groups excluding carboxylic acids is 2. The second-order valence-corrected chi connectivity index (χ2v) is 9.84. The Balaban J connectivity index is 1.86. The summed E-state index contributed by atoms with van der Waals surface area (Å²) in [5.41, 5.74) is -0.00992. The first-order valence-electron chi connectivity index (χ1n) is 8.81. The molecule has 0 spiro atoms. The fraction of sp³-hybridized carbons (Fsp3) is 0.529. The molecule has 1 unspecified atom stereocenters. The molecule has 28 heavy (non-hydrogen) atoms.